The molecule has 0 amide bonds. The van der Waals surface area contributed by atoms with Gasteiger partial charge in [-0.15, -0.1) is 0 Å². The van der Waals surface area contributed by atoms with Crippen LogP contribution in [0.3, 0.4) is 0 Å². The van der Waals surface area contributed by atoms with Gasteiger partial charge >= 0.3 is 0 Å². The van der Waals surface area contributed by atoms with E-state index in [2.05, 4.69) is 4.98 Å². The first-order valence-electron chi connectivity index (χ1n) is 3.75. The van der Waals surface area contributed by atoms with Crippen molar-refractivity contribution in [2.24, 2.45) is 0 Å². The molecule has 0 bridgehead atoms. The predicted molar refractivity (Wildman–Crippen MR) is 52.7 cm³/mol. The smallest absolute Gasteiger partial charge is 0.147 e. The number of sulfone groups is 1. The van der Waals surface area contributed by atoms with Crippen LogP contribution in [0.2, 0.25) is 5.15 Å². The lowest BCUT2D eigenvalue weighted by atomic mass is 10.2. The zero-order valence-electron chi connectivity index (χ0n) is 7.20. The van der Waals surface area contributed by atoms with Gasteiger partial charge in [0.1, 0.15) is 15.0 Å². The van der Waals surface area contributed by atoms with Gasteiger partial charge in [-0.3, -0.25) is 0 Å². The molecule has 13 heavy (non-hydrogen) atoms. The number of pyridine rings is 1. The van der Waals surface area contributed by atoms with E-state index < -0.39 is 9.84 Å². The van der Waals surface area contributed by atoms with E-state index in [-0.39, 0.29) is 5.75 Å². The SMILES string of the molecule is CS(=O)(=O)CCc1ccnc(Cl)c1. The number of aromatic nitrogens is 1. The summed E-state index contributed by atoms with van der Waals surface area (Å²) in [6.45, 7) is 0. The van der Waals surface area contributed by atoms with Gasteiger partial charge in [-0.2, -0.15) is 0 Å². The topological polar surface area (TPSA) is 47.0 Å². The molecule has 0 aromatic carbocycles. The van der Waals surface area contributed by atoms with E-state index in [1.54, 1.807) is 18.3 Å². The molecule has 0 aliphatic heterocycles. The standard InChI is InChI=1S/C8H10ClNO2S/c1-13(11,12)5-3-7-2-4-10-8(9)6-7/h2,4,6H,3,5H2,1H3. The van der Waals surface area contributed by atoms with Crippen molar-refractivity contribution in [3.05, 3.63) is 29.0 Å². The third-order valence-corrected chi connectivity index (χ3v) is 2.70. The van der Waals surface area contributed by atoms with Crippen molar-refractivity contribution in [3.63, 3.8) is 0 Å². The molecular weight excluding hydrogens is 210 g/mol. The molecule has 0 fully saturated rings. The van der Waals surface area contributed by atoms with Crippen LogP contribution in [0, 0.1) is 0 Å². The van der Waals surface area contributed by atoms with Crippen LogP contribution in [0.5, 0.6) is 0 Å². The fraction of sp³-hybridized carbons (Fsp3) is 0.375. The molecule has 3 nitrogen and oxygen atoms in total. The Morgan fingerprint density at radius 3 is 2.77 bits per heavy atom. The van der Waals surface area contributed by atoms with Gasteiger partial charge in [0, 0.05) is 12.5 Å². The Hall–Kier alpha value is -0.610. The first-order valence-corrected chi connectivity index (χ1v) is 6.19. The number of hydrogen-bond acceptors (Lipinski definition) is 3. The summed E-state index contributed by atoms with van der Waals surface area (Å²) in [6, 6.07) is 3.43. The van der Waals surface area contributed by atoms with Gasteiger partial charge in [-0.25, -0.2) is 13.4 Å². The highest BCUT2D eigenvalue weighted by molar-refractivity contribution is 7.90. The maximum absolute atomic E-state index is 10.8. The van der Waals surface area contributed by atoms with Gasteiger partial charge in [0.2, 0.25) is 0 Å². The predicted octanol–water partition coefficient (Wildman–Crippen LogP) is 1.32. The highest BCUT2D eigenvalue weighted by Gasteiger charge is 2.03. The highest BCUT2D eigenvalue weighted by Crippen LogP contribution is 2.08. The van der Waals surface area contributed by atoms with Gasteiger partial charge in [0.25, 0.3) is 0 Å². The lowest BCUT2D eigenvalue weighted by molar-refractivity contribution is 0.601. The van der Waals surface area contributed by atoms with E-state index in [0.717, 1.165) is 5.56 Å². The van der Waals surface area contributed by atoms with Crippen molar-refractivity contribution in [1.82, 2.24) is 4.98 Å². The van der Waals surface area contributed by atoms with Crippen LogP contribution in [0.1, 0.15) is 5.56 Å². The van der Waals surface area contributed by atoms with Crippen molar-refractivity contribution in [2.45, 2.75) is 6.42 Å². The van der Waals surface area contributed by atoms with E-state index in [4.69, 9.17) is 11.6 Å². The quantitative estimate of drug-likeness (QED) is 0.721. The van der Waals surface area contributed by atoms with Crippen LogP contribution in [0.25, 0.3) is 0 Å². The second-order valence-electron chi connectivity index (χ2n) is 2.87. The first kappa shape index (κ1) is 10.5. The summed E-state index contributed by atoms with van der Waals surface area (Å²) in [7, 11) is -2.90. The van der Waals surface area contributed by atoms with Crippen LogP contribution in [-0.4, -0.2) is 25.4 Å². The molecule has 0 aliphatic carbocycles. The molecule has 1 aromatic heterocycles. The van der Waals surface area contributed by atoms with E-state index >= 15 is 0 Å². The minimum absolute atomic E-state index is 0.146. The monoisotopic (exact) mass is 219 g/mol. The number of aryl methyl sites for hydroxylation is 1. The van der Waals surface area contributed by atoms with Gasteiger partial charge in [-0.05, 0) is 24.1 Å². The van der Waals surface area contributed by atoms with Crippen LogP contribution in [-0.2, 0) is 16.3 Å². The Kier molecular flexibility index (Phi) is 3.27. The van der Waals surface area contributed by atoms with E-state index in [9.17, 15) is 8.42 Å². The van der Waals surface area contributed by atoms with Gasteiger partial charge in [0.15, 0.2) is 0 Å². The zero-order chi connectivity index (χ0) is 9.90. The Balaban J connectivity index is 2.65. The van der Waals surface area contributed by atoms with Crippen molar-refractivity contribution in [1.29, 1.82) is 0 Å². The van der Waals surface area contributed by atoms with Gasteiger partial charge in [0.05, 0.1) is 5.75 Å². The summed E-state index contributed by atoms with van der Waals surface area (Å²) in [5.41, 5.74) is 0.894. The van der Waals surface area contributed by atoms with Crippen LogP contribution >= 0.6 is 11.6 Å². The maximum Gasteiger partial charge on any atom is 0.147 e. The summed E-state index contributed by atoms with van der Waals surface area (Å²) in [5, 5.41) is 0.394. The Morgan fingerprint density at radius 2 is 2.23 bits per heavy atom. The Morgan fingerprint density at radius 1 is 1.54 bits per heavy atom. The average Bonchev–Trinajstić information content (AvgIpc) is 2.00. The molecule has 0 spiro atoms. The number of hydrogen-bond donors (Lipinski definition) is 0. The zero-order valence-corrected chi connectivity index (χ0v) is 8.77. The molecular formula is C8H10ClNO2S. The molecule has 5 heteroatoms. The second kappa shape index (κ2) is 4.07. The normalized spacial score (nSPS) is 11.5. The minimum Gasteiger partial charge on any atom is -0.245 e. The molecule has 1 rings (SSSR count). The molecule has 0 unspecified atom stereocenters. The largest absolute Gasteiger partial charge is 0.245 e. The molecule has 1 aromatic rings. The summed E-state index contributed by atoms with van der Waals surface area (Å²) in [4.78, 5) is 3.80. The molecule has 0 radical (unpaired) electrons. The van der Waals surface area contributed by atoms with Gasteiger partial charge < -0.3 is 0 Å². The highest BCUT2D eigenvalue weighted by atomic mass is 35.5. The van der Waals surface area contributed by atoms with Crippen molar-refractivity contribution in [3.8, 4) is 0 Å². The van der Waals surface area contributed by atoms with Crippen molar-refractivity contribution >= 4 is 21.4 Å². The Bertz CT molecular complexity index is 389. The number of rotatable bonds is 3. The average molecular weight is 220 g/mol. The van der Waals surface area contributed by atoms with Crippen molar-refractivity contribution in [2.75, 3.05) is 12.0 Å². The number of nitrogens with zero attached hydrogens (tertiary/aromatic N) is 1. The Labute approximate surface area is 82.7 Å². The lowest BCUT2D eigenvalue weighted by Crippen LogP contribution is -2.05. The lowest BCUT2D eigenvalue weighted by Gasteiger charge is -1.99. The summed E-state index contributed by atoms with van der Waals surface area (Å²) in [6.07, 6.45) is 3.27. The molecule has 0 N–H and O–H groups in total. The third kappa shape index (κ3) is 4.24. The third-order valence-electron chi connectivity index (χ3n) is 1.55. The summed E-state index contributed by atoms with van der Waals surface area (Å²) < 4.78 is 21.7. The van der Waals surface area contributed by atoms with E-state index in [0.29, 0.717) is 11.6 Å². The van der Waals surface area contributed by atoms with E-state index in [1.807, 2.05) is 0 Å². The summed E-state index contributed by atoms with van der Waals surface area (Å²) in [5.74, 6) is 0.146. The van der Waals surface area contributed by atoms with Crippen LogP contribution < -0.4 is 0 Å². The molecule has 1 heterocycles. The fourth-order valence-corrected chi connectivity index (χ4v) is 1.70. The maximum atomic E-state index is 10.8. The molecule has 0 aliphatic rings. The molecule has 0 saturated heterocycles. The fourth-order valence-electron chi connectivity index (χ4n) is 0.901. The number of halogens is 1. The van der Waals surface area contributed by atoms with Crippen LogP contribution in [0.4, 0.5) is 0 Å². The molecule has 0 saturated carbocycles. The van der Waals surface area contributed by atoms with Crippen molar-refractivity contribution < 1.29 is 8.42 Å². The minimum atomic E-state index is -2.90. The first-order chi connectivity index (χ1) is 5.97. The van der Waals surface area contributed by atoms with Crippen LogP contribution in [0.15, 0.2) is 18.3 Å². The second-order valence-corrected chi connectivity index (χ2v) is 5.51. The summed E-state index contributed by atoms with van der Waals surface area (Å²) >= 11 is 5.63. The molecule has 0 atom stereocenters. The molecule has 72 valence electrons. The van der Waals surface area contributed by atoms with Gasteiger partial charge in [-0.1, -0.05) is 11.6 Å². The van der Waals surface area contributed by atoms with E-state index in [1.165, 1.54) is 6.26 Å².